The van der Waals surface area contributed by atoms with Gasteiger partial charge in [0, 0.05) is 42.8 Å². The van der Waals surface area contributed by atoms with E-state index in [0.717, 1.165) is 5.69 Å². The second-order valence-electron chi connectivity index (χ2n) is 6.52. The van der Waals surface area contributed by atoms with Crippen molar-refractivity contribution >= 4 is 17.7 Å². The average Bonchev–Trinajstić information content (AvgIpc) is 3.15. The molecule has 30 heavy (non-hydrogen) atoms. The van der Waals surface area contributed by atoms with Gasteiger partial charge in [-0.05, 0) is 43.2 Å². The first-order chi connectivity index (χ1) is 14.2. The largest absolute Gasteiger partial charge is 0.447 e. The molecule has 158 valence electrons. The van der Waals surface area contributed by atoms with Gasteiger partial charge in [0.25, 0.3) is 5.91 Å². The molecule has 0 radical (unpaired) electrons. The van der Waals surface area contributed by atoms with Crippen LogP contribution in [-0.2, 0) is 6.42 Å². The molecule has 3 rings (SSSR count). The van der Waals surface area contributed by atoms with Crippen LogP contribution in [0.3, 0.4) is 0 Å². The van der Waals surface area contributed by atoms with Gasteiger partial charge in [0.2, 0.25) is 0 Å². The smallest absolute Gasteiger partial charge is 0.342 e. The Morgan fingerprint density at radius 3 is 2.73 bits per heavy atom. The minimum Gasteiger partial charge on any atom is -0.342 e. The Hall–Kier alpha value is -2.88. The Balaban J connectivity index is 1.58. The van der Waals surface area contributed by atoms with Crippen LogP contribution in [0.2, 0.25) is 0 Å². The number of carbonyl (C=O) groups excluding carboxylic acids is 1. The molecule has 0 saturated heterocycles. The van der Waals surface area contributed by atoms with Crippen molar-refractivity contribution in [3.63, 3.8) is 0 Å². The Bertz CT molecular complexity index is 1020. The summed E-state index contributed by atoms with van der Waals surface area (Å²) in [4.78, 5) is 17.6. The van der Waals surface area contributed by atoms with Gasteiger partial charge in [-0.15, -0.1) is 0 Å². The fourth-order valence-corrected chi connectivity index (χ4v) is 3.44. The average molecular weight is 438 g/mol. The van der Waals surface area contributed by atoms with Crippen LogP contribution < -0.4 is 0 Å². The molecule has 0 bridgehead atoms. The summed E-state index contributed by atoms with van der Waals surface area (Å²) in [5.74, 6) is -0.879. The predicted molar refractivity (Wildman–Crippen MR) is 105 cm³/mol. The number of carbonyl (C=O) groups is 1. The third-order valence-corrected chi connectivity index (χ3v) is 5.00. The summed E-state index contributed by atoms with van der Waals surface area (Å²) in [7, 11) is 1.53. The second kappa shape index (κ2) is 9.29. The Morgan fingerprint density at radius 2 is 2.00 bits per heavy atom. The molecule has 0 aliphatic carbocycles. The van der Waals surface area contributed by atoms with Gasteiger partial charge < -0.3 is 4.90 Å². The molecule has 2 heterocycles. The van der Waals surface area contributed by atoms with E-state index < -0.39 is 23.2 Å². The van der Waals surface area contributed by atoms with Crippen molar-refractivity contribution in [2.45, 2.75) is 23.4 Å². The number of aryl methyl sites for hydroxylation is 1. The van der Waals surface area contributed by atoms with E-state index in [9.17, 15) is 22.4 Å². The first kappa shape index (κ1) is 21.8. The van der Waals surface area contributed by atoms with Crippen LogP contribution in [-0.4, -0.2) is 45.1 Å². The zero-order chi connectivity index (χ0) is 21.7. The molecular weight excluding hydrogens is 420 g/mol. The third kappa shape index (κ3) is 5.82. The van der Waals surface area contributed by atoms with E-state index in [2.05, 4.69) is 15.2 Å². The fraction of sp³-hybridized carbons (Fsp3) is 0.250. The van der Waals surface area contributed by atoms with Crippen LogP contribution >= 0.6 is 11.8 Å². The number of nitrogens with one attached hydrogen (secondary N) is 1. The van der Waals surface area contributed by atoms with E-state index in [1.54, 1.807) is 18.2 Å². The number of benzene rings is 1. The van der Waals surface area contributed by atoms with E-state index in [0.29, 0.717) is 30.6 Å². The van der Waals surface area contributed by atoms with E-state index in [-0.39, 0.29) is 16.4 Å². The lowest BCUT2D eigenvalue weighted by molar-refractivity contribution is -0.0329. The van der Waals surface area contributed by atoms with E-state index in [1.807, 2.05) is 0 Å². The van der Waals surface area contributed by atoms with E-state index >= 15 is 0 Å². The highest BCUT2D eigenvalue weighted by Gasteiger charge is 2.32. The van der Waals surface area contributed by atoms with Crippen molar-refractivity contribution in [1.29, 1.82) is 0 Å². The van der Waals surface area contributed by atoms with Crippen LogP contribution in [0.1, 0.15) is 22.5 Å². The number of pyridine rings is 1. The SMILES string of the molecule is CN(CCCc1cc(-c2cccc(F)c2)n[nH]1)C(=O)c1cccnc1SC(F)(F)F. The van der Waals surface area contributed by atoms with Gasteiger partial charge in [0.05, 0.1) is 11.3 Å². The molecule has 10 heteroatoms. The summed E-state index contributed by atoms with van der Waals surface area (Å²) in [6.45, 7) is 0.332. The number of halogens is 4. The van der Waals surface area contributed by atoms with Gasteiger partial charge >= 0.3 is 5.51 Å². The number of aromatic amines is 1. The summed E-state index contributed by atoms with van der Waals surface area (Å²) in [5.41, 5.74) is -2.54. The van der Waals surface area contributed by atoms with Gasteiger partial charge in [0.1, 0.15) is 10.8 Å². The molecule has 1 aromatic carbocycles. The molecule has 0 spiro atoms. The first-order valence-electron chi connectivity index (χ1n) is 8.99. The minimum atomic E-state index is -4.53. The lowest BCUT2D eigenvalue weighted by atomic mass is 10.1. The Labute approximate surface area is 174 Å². The normalized spacial score (nSPS) is 11.5. The fourth-order valence-electron chi connectivity index (χ4n) is 2.84. The number of rotatable bonds is 7. The summed E-state index contributed by atoms with van der Waals surface area (Å²) >= 11 is -0.403. The van der Waals surface area contributed by atoms with Crippen LogP contribution in [0, 0.1) is 5.82 Å². The molecule has 0 unspecified atom stereocenters. The third-order valence-electron chi connectivity index (χ3n) is 4.25. The summed E-state index contributed by atoms with van der Waals surface area (Å²) in [6, 6.07) is 10.7. The molecular formula is C20H18F4N4OS. The Morgan fingerprint density at radius 1 is 1.20 bits per heavy atom. The van der Waals surface area contributed by atoms with Crippen LogP contribution in [0.25, 0.3) is 11.3 Å². The highest BCUT2D eigenvalue weighted by molar-refractivity contribution is 8.00. The minimum absolute atomic E-state index is 0.0859. The van der Waals surface area contributed by atoms with Gasteiger partial charge in [-0.2, -0.15) is 18.3 Å². The standard InChI is InChI=1S/C20H18F4N4OS/c1-28(19(29)16-8-3-9-25-18(16)30-20(22,23)24)10-4-7-15-12-17(27-26-15)13-5-2-6-14(21)11-13/h2-3,5-6,8-9,11-12H,4,7,10H2,1H3,(H,26,27). The van der Waals surface area contributed by atoms with Gasteiger partial charge in [0.15, 0.2) is 0 Å². The lowest BCUT2D eigenvalue weighted by Gasteiger charge is -2.18. The summed E-state index contributed by atoms with van der Waals surface area (Å²) < 4.78 is 51.4. The Kier molecular flexibility index (Phi) is 6.76. The summed E-state index contributed by atoms with van der Waals surface area (Å²) in [5, 5.41) is 6.68. The van der Waals surface area contributed by atoms with Crippen molar-refractivity contribution < 1.29 is 22.4 Å². The topological polar surface area (TPSA) is 61.9 Å². The van der Waals surface area contributed by atoms with Crippen molar-refractivity contribution in [1.82, 2.24) is 20.1 Å². The molecule has 0 saturated carbocycles. The molecule has 1 N–H and O–H groups in total. The maximum Gasteiger partial charge on any atom is 0.447 e. The number of alkyl halides is 3. The number of amides is 1. The number of nitrogens with zero attached hydrogens (tertiary/aromatic N) is 3. The van der Waals surface area contributed by atoms with Crippen molar-refractivity contribution in [2.75, 3.05) is 13.6 Å². The zero-order valence-electron chi connectivity index (χ0n) is 15.9. The predicted octanol–water partition coefficient (Wildman–Crippen LogP) is 4.93. The van der Waals surface area contributed by atoms with E-state index in [4.69, 9.17) is 0 Å². The number of thioether (sulfide) groups is 1. The molecule has 0 aliphatic heterocycles. The molecule has 0 atom stereocenters. The molecule has 0 aliphatic rings. The van der Waals surface area contributed by atoms with Crippen molar-refractivity contribution in [2.24, 2.45) is 0 Å². The number of hydrogen-bond acceptors (Lipinski definition) is 4. The van der Waals surface area contributed by atoms with Crippen LogP contribution in [0.4, 0.5) is 17.6 Å². The van der Waals surface area contributed by atoms with Crippen LogP contribution in [0.5, 0.6) is 0 Å². The van der Waals surface area contributed by atoms with Gasteiger partial charge in [-0.3, -0.25) is 9.89 Å². The van der Waals surface area contributed by atoms with Gasteiger partial charge in [-0.1, -0.05) is 12.1 Å². The highest BCUT2D eigenvalue weighted by atomic mass is 32.2. The zero-order valence-corrected chi connectivity index (χ0v) is 16.7. The number of hydrogen-bond donors (Lipinski definition) is 1. The molecule has 2 aromatic heterocycles. The van der Waals surface area contributed by atoms with E-state index in [1.165, 1.54) is 42.4 Å². The molecule has 1 amide bonds. The molecule has 3 aromatic rings. The number of aromatic nitrogens is 3. The molecule has 5 nitrogen and oxygen atoms in total. The number of H-pyrrole nitrogens is 1. The molecule has 0 fully saturated rings. The maximum absolute atomic E-state index is 13.3. The monoisotopic (exact) mass is 438 g/mol. The first-order valence-corrected chi connectivity index (χ1v) is 9.81. The van der Waals surface area contributed by atoms with Crippen molar-refractivity contribution in [3.05, 3.63) is 65.7 Å². The lowest BCUT2D eigenvalue weighted by Crippen LogP contribution is -2.28. The van der Waals surface area contributed by atoms with Crippen LogP contribution in [0.15, 0.2) is 53.7 Å². The quantitative estimate of drug-likeness (QED) is 0.420. The van der Waals surface area contributed by atoms with Gasteiger partial charge in [-0.25, -0.2) is 9.37 Å². The summed E-state index contributed by atoms with van der Waals surface area (Å²) in [6.07, 6.45) is 2.35. The second-order valence-corrected chi connectivity index (χ2v) is 7.58. The van der Waals surface area contributed by atoms with Crippen molar-refractivity contribution in [3.8, 4) is 11.3 Å². The highest BCUT2D eigenvalue weighted by Crippen LogP contribution is 2.37. The maximum atomic E-state index is 13.3.